The number of hydrogen-bond acceptors (Lipinski definition) is 4. The van der Waals surface area contributed by atoms with E-state index in [2.05, 4.69) is 37.9 Å². The minimum absolute atomic E-state index is 0. The number of aromatic nitrogens is 1. The largest absolute Gasteiger partial charge is 0.512 e. The molecule has 0 spiro atoms. The van der Waals surface area contributed by atoms with Crippen molar-refractivity contribution in [2.24, 2.45) is 10.8 Å². The molecule has 47 heavy (non-hydrogen) atoms. The molecule has 0 saturated carbocycles. The normalized spacial score (nSPS) is 12.6. The third-order valence-electron chi connectivity index (χ3n) is 10.1. The Morgan fingerprint density at radius 1 is 0.872 bits per heavy atom. The Hall–Kier alpha value is -3.34. The summed E-state index contributed by atoms with van der Waals surface area (Å²) in [7, 11) is 0. The Kier molecular flexibility index (Phi) is 12.0. The maximum absolute atomic E-state index is 14.3. The van der Waals surface area contributed by atoms with Crippen molar-refractivity contribution in [3.63, 3.8) is 0 Å². The molecule has 1 radical (unpaired) electrons. The topological polar surface area (TPSA) is 63.3 Å². The number of carbonyl (C=O) groups is 1. The van der Waals surface area contributed by atoms with Crippen LogP contribution in [0.4, 0.5) is 4.39 Å². The van der Waals surface area contributed by atoms with Crippen molar-refractivity contribution in [2.45, 2.75) is 100 Å². The SMILES string of the molecule is CCC(C)(CC)C(=O)/C=C(\O)C(C)(CC)CC.Cc1cc2[c-]c(-c3nccc4c3ccc3c(F)cccc34)cc(C(C)(C)C)c2o1.[Ir]. The number of aliphatic hydroxyl groups is 1. The molecule has 0 fully saturated rings. The van der Waals surface area contributed by atoms with E-state index in [0.717, 1.165) is 75.4 Å². The van der Waals surface area contributed by atoms with Gasteiger partial charge in [0.25, 0.3) is 0 Å². The maximum Gasteiger partial charge on any atom is 0.164 e. The summed E-state index contributed by atoms with van der Waals surface area (Å²) in [6.07, 6.45) is 6.54. The van der Waals surface area contributed by atoms with Crippen LogP contribution >= 0.6 is 0 Å². The van der Waals surface area contributed by atoms with Gasteiger partial charge in [0.1, 0.15) is 11.6 Å². The molecule has 1 N–H and O–H groups in total. The molecule has 0 unspecified atom stereocenters. The van der Waals surface area contributed by atoms with E-state index in [9.17, 15) is 14.3 Å². The molecule has 0 saturated heterocycles. The Labute approximate surface area is 293 Å². The monoisotopic (exact) mass is 815 g/mol. The van der Waals surface area contributed by atoms with Crippen LogP contribution in [0.1, 0.15) is 99.3 Å². The maximum atomic E-state index is 14.3. The fourth-order valence-electron chi connectivity index (χ4n) is 5.77. The third-order valence-corrected chi connectivity index (χ3v) is 10.1. The van der Waals surface area contributed by atoms with E-state index in [1.54, 1.807) is 12.3 Å². The van der Waals surface area contributed by atoms with Crippen molar-refractivity contribution in [1.29, 1.82) is 0 Å². The van der Waals surface area contributed by atoms with Crippen LogP contribution in [-0.4, -0.2) is 15.9 Å². The average molecular weight is 815 g/mol. The molecule has 3 aromatic carbocycles. The van der Waals surface area contributed by atoms with Gasteiger partial charge in [-0.2, -0.15) is 0 Å². The smallest absolute Gasteiger partial charge is 0.164 e. The number of allylic oxidation sites excluding steroid dienone is 2. The molecule has 0 aliphatic rings. The van der Waals surface area contributed by atoms with E-state index in [1.807, 2.05) is 78.8 Å². The Morgan fingerprint density at radius 2 is 1.47 bits per heavy atom. The van der Waals surface area contributed by atoms with Crippen LogP contribution in [0.25, 0.3) is 43.8 Å². The molecule has 0 aliphatic heterocycles. The standard InChI is InChI=1S/C26H21FNO.C15H28O2.Ir/c1-15-12-17-13-16(14-22(25(17)29-15)26(2,3)4)24-21-9-8-20-18(6-5-7-23(20)27)19(21)10-11-28-24;1-7-14(5,8-2)12(16)11-13(17)15(6,9-3)10-4;/h5-12,14H,1-4H3;11,16H,7-10H2,1-6H3;/q-1;;/b;12-11-;. The van der Waals surface area contributed by atoms with E-state index in [0.29, 0.717) is 5.39 Å². The molecule has 253 valence electrons. The summed E-state index contributed by atoms with van der Waals surface area (Å²) in [5, 5.41) is 14.6. The molecule has 2 heterocycles. The van der Waals surface area contributed by atoms with Crippen molar-refractivity contribution in [3.8, 4) is 11.3 Å². The number of aliphatic hydroxyl groups excluding tert-OH is 1. The first kappa shape index (κ1) is 38.1. The first-order valence-corrected chi connectivity index (χ1v) is 16.5. The van der Waals surface area contributed by atoms with Crippen molar-refractivity contribution in [3.05, 3.63) is 89.8 Å². The summed E-state index contributed by atoms with van der Waals surface area (Å²) in [6.45, 7) is 20.6. The van der Waals surface area contributed by atoms with Crippen LogP contribution in [0.5, 0.6) is 0 Å². The van der Waals surface area contributed by atoms with Gasteiger partial charge in [0.15, 0.2) is 5.78 Å². The number of fused-ring (bicyclic) bond motifs is 4. The molecule has 4 nitrogen and oxygen atoms in total. The Bertz CT molecular complexity index is 1910. The summed E-state index contributed by atoms with van der Waals surface area (Å²) in [5.41, 5.74) is 3.08. The zero-order valence-electron chi connectivity index (χ0n) is 29.5. The van der Waals surface area contributed by atoms with Gasteiger partial charge in [-0.3, -0.25) is 9.78 Å². The number of pyridine rings is 1. The number of hydrogen-bond donors (Lipinski definition) is 1. The number of benzene rings is 3. The number of furan rings is 1. The predicted octanol–water partition coefficient (Wildman–Crippen LogP) is 12.0. The van der Waals surface area contributed by atoms with E-state index < -0.39 is 0 Å². The van der Waals surface area contributed by atoms with Gasteiger partial charge in [0.2, 0.25) is 0 Å². The van der Waals surface area contributed by atoms with Gasteiger partial charge in [-0.1, -0.05) is 109 Å². The van der Waals surface area contributed by atoms with Gasteiger partial charge in [-0.15, -0.1) is 12.1 Å². The summed E-state index contributed by atoms with van der Waals surface area (Å²) < 4.78 is 20.2. The molecule has 0 aliphatic carbocycles. The number of halogens is 1. The molecule has 2 aromatic heterocycles. The van der Waals surface area contributed by atoms with E-state index >= 15 is 0 Å². The predicted molar refractivity (Wildman–Crippen MR) is 190 cm³/mol. The average Bonchev–Trinajstić information content (AvgIpc) is 3.42. The molecule has 5 aromatic rings. The van der Waals surface area contributed by atoms with Crippen LogP contribution in [0, 0.1) is 29.6 Å². The number of nitrogens with zero attached hydrogens (tertiary/aromatic N) is 1. The Morgan fingerprint density at radius 3 is 2.06 bits per heavy atom. The molecule has 0 bridgehead atoms. The van der Waals surface area contributed by atoms with Crippen molar-refractivity contribution in [2.75, 3.05) is 0 Å². The zero-order valence-corrected chi connectivity index (χ0v) is 31.9. The molecule has 5 rings (SSSR count). The molecule has 0 amide bonds. The van der Waals surface area contributed by atoms with Crippen LogP contribution in [0.2, 0.25) is 0 Å². The van der Waals surface area contributed by atoms with Crippen molar-refractivity contribution in [1.82, 2.24) is 4.98 Å². The van der Waals surface area contributed by atoms with Crippen molar-refractivity contribution < 1.29 is 38.8 Å². The van der Waals surface area contributed by atoms with Gasteiger partial charge in [-0.05, 0) is 66.3 Å². The van der Waals surface area contributed by atoms with E-state index in [1.165, 1.54) is 12.1 Å². The minimum Gasteiger partial charge on any atom is -0.512 e. The zero-order chi connectivity index (χ0) is 34.0. The number of carbonyl (C=O) groups excluding carboxylic acids is 1. The molecule has 6 heteroatoms. The molecule has 0 atom stereocenters. The fourth-order valence-corrected chi connectivity index (χ4v) is 5.77. The van der Waals surface area contributed by atoms with Crippen LogP contribution in [-0.2, 0) is 30.3 Å². The second-order valence-corrected chi connectivity index (χ2v) is 14.0. The van der Waals surface area contributed by atoms with E-state index in [-0.39, 0.29) is 53.7 Å². The van der Waals surface area contributed by atoms with Gasteiger partial charge in [0, 0.05) is 54.3 Å². The fraction of sp³-hybridized carbons (Fsp3) is 0.415. The number of rotatable bonds is 8. The number of aryl methyl sites for hydroxylation is 1. The summed E-state index contributed by atoms with van der Waals surface area (Å²) in [6, 6.07) is 18.6. The molecular formula is C41H49FIrNO3-. The first-order valence-electron chi connectivity index (χ1n) is 16.5. The van der Waals surface area contributed by atoms with Crippen LogP contribution in [0.3, 0.4) is 0 Å². The Balaban J connectivity index is 0.000000290. The van der Waals surface area contributed by atoms with Gasteiger partial charge < -0.3 is 9.52 Å². The van der Waals surface area contributed by atoms with Gasteiger partial charge in [-0.25, -0.2) is 4.39 Å². The second kappa shape index (κ2) is 14.8. The van der Waals surface area contributed by atoms with Gasteiger partial charge in [0.05, 0.1) is 11.3 Å². The quantitative estimate of drug-likeness (QED) is 0.0733. The second-order valence-electron chi connectivity index (χ2n) is 14.0. The summed E-state index contributed by atoms with van der Waals surface area (Å²) >= 11 is 0. The molecular weight excluding hydrogens is 766 g/mol. The first-order chi connectivity index (χ1) is 21.6. The summed E-state index contributed by atoms with van der Waals surface area (Å²) in [5.74, 6) is 0.944. The van der Waals surface area contributed by atoms with Crippen molar-refractivity contribution >= 4 is 38.3 Å². The van der Waals surface area contributed by atoms with Crippen LogP contribution in [0.15, 0.2) is 71.0 Å². The number of ketones is 1. The van der Waals surface area contributed by atoms with E-state index in [4.69, 9.17) is 4.42 Å². The van der Waals surface area contributed by atoms with Gasteiger partial charge >= 0.3 is 0 Å². The van der Waals surface area contributed by atoms with Crippen LogP contribution < -0.4 is 0 Å². The summed E-state index contributed by atoms with van der Waals surface area (Å²) in [4.78, 5) is 16.9. The third kappa shape index (κ3) is 7.71. The minimum atomic E-state index is -0.337.